The van der Waals surface area contributed by atoms with Crippen molar-refractivity contribution in [3.05, 3.63) is 0 Å². The Kier molecular flexibility index (Phi) is 7.73. The molecule has 5 heteroatoms. The van der Waals surface area contributed by atoms with Gasteiger partial charge in [0.05, 0.1) is 12.5 Å². The van der Waals surface area contributed by atoms with Gasteiger partial charge in [-0.25, -0.2) is 0 Å². The van der Waals surface area contributed by atoms with E-state index in [2.05, 4.69) is 0 Å². The maximum atomic E-state index is 12.4. The van der Waals surface area contributed by atoms with Crippen LogP contribution in [-0.2, 0) is 13.9 Å². The average Bonchev–Trinajstić information content (AvgIpc) is 2.16. The van der Waals surface area contributed by atoms with Gasteiger partial charge < -0.3 is 9.63 Å². The van der Waals surface area contributed by atoms with E-state index < -0.39 is 19.3 Å². The highest BCUT2D eigenvalue weighted by Crippen LogP contribution is 2.49. The van der Waals surface area contributed by atoms with Crippen LogP contribution < -0.4 is 0 Å². The Bertz CT molecular complexity index is 266. The van der Waals surface area contributed by atoms with E-state index in [4.69, 9.17) is 9.63 Å². The smallest absolute Gasteiger partial charge is 0.307 e. The number of carboxylic acids is 1. The number of hydrogen-bond acceptors (Lipinski definition) is 3. The first-order chi connectivity index (χ1) is 7.84. The summed E-state index contributed by atoms with van der Waals surface area (Å²) in [6.45, 7) is 8.05. The van der Waals surface area contributed by atoms with Crippen LogP contribution in [0.4, 0.5) is 0 Å². The third-order valence-electron chi connectivity index (χ3n) is 2.53. The highest BCUT2D eigenvalue weighted by Gasteiger charge is 2.30. The van der Waals surface area contributed by atoms with Crippen LogP contribution in [0.2, 0.25) is 0 Å². The predicted molar refractivity (Wildman–Crippen MR) is 69.8 cm³/mol. The highest BCUT2D eigenvalue weighted by atomic mass is 31.2. The molecule has 0 saturated heterocycles. The molecule has 0 aromatic carbocycles. The van der Waals surface area contributed by atoms with Crippen molar-refractivity contribution in [3.63, 3.8) is 0 Å². The second-order valence-electron chi connectivity index (χ2n) is 4.80. The molecule has 0 bridgehead atoms. The highest BCUT2D eigenvalue weighted by molar-refractivity contribution is 7.59. The molecule has 0 aliphatic carbocycles. The van der Waals surface area contributed by atoms with Crippen LogP contribution in [0, 0.1) is 11.8 Å². The standard InChI is InChI=1S/C12H25O4P/c1-5-7-17(15,16-6-2)9-11(12(13)14)8-10(3)4/h10-11H,5-9H2,1-4H3,(H,13,14). The number of aliphatic carboxylic acids is 1. The van der Waals surface area contributed by atoms with Gasteiger partial charge in [-0.15, -0.1) is 0 Å². The summed E-state index contributed by atoms with van der Waals surface area (Å²) >= 11 is 0. The molecule has 0 heterocycles. The molecule has 0 radical (unpaired) electrons. The molecule has 17 heavy (non-hydrogen) atoms. The zero-order chi connectivity index (χ0) is 13.5. The van der Waals surface area contributed by atoms with E-state index in [-0.39, 0.29) is 12.1 Å². The number of hydrogen-bond donors (Lipinski definition) is 1. The molecule has 4 nitrogen and oxygen atoms in total. The maximum absolute atomic E-state index is 12.4. The molecular weight excluding hydrogens is 239 g/mol. The van der Waals surface area contributed by atoms with Gasteiger partial charge in [-0.05, 0) is 25.7 Å². The number of carbonyl (C=O) groups is 1. The van der Waals surface area contributed by atoms with Crippen molar-refractivity contribution in [2.24, 2.45) is 11.8 Å². The van der Waals surface area contributed by atoms with Gasteiger partial charge in [0, 0.05) is 12.3 Å². The molecule has 0 amide bonds. The molecule has 0 fully saturated rings. The zero-order valence-electron chi connectivity index (χ0n) is 11.3. The molecule has 1 N–H and O–H groups in total. The normalized spacial score (nSPS) is 16.8. The fourth-order valence-corrected chi connectivity index (χ4v) is 4.49. The molecule has 0 spiro atoms. The summed E-state index contributed by atoms with van der Waals surface area (Å²) in [5.41, 5.74) is 0. The quantitative estimate of drug-likeness (QED) is 0.648. The van der Waals surface area contributed by atoms with Crippen LogP contribution in [0.5, 0.6) is 0 Å². The Balaban J connectivity index is 4.67. The first-order valence-electron chi connectivity index (χ1n) is 6.30. The van der Waals surface area contributed by atoms with Crippen molar-refractivity contribution >= 4 is 13.3 Å². The van der Waals surface area contributed by atoms with Crippen molar-refractivity contribution in [2.75, 3.05) is 18.9 Å². The third-order valence-corrected chi connectivity index (χ3v) is 5.39. The van der Waals surface area contributed by atoms with E-state index in [9.17, 15) is 9.36 Å². The summed E-state index contributed by atoms with van der Waals surface area (Å²) in [5.74, 6) is -1.14. The summed E-state index contributed by atoms with van der Waals surface area (Å²) in [5, 5.41) is 9.15. The lowest BCUT2D eigenvalue weighted by molar-refractivity contribution is -0.141. The predicted octanol–water partition coefficient (Wildman–Crippen LogP) is 3.46. The van der Waals surface area contributed by atoms with Crippen molar-refractivity contribution in [3.8, 4) is 0 Å². The average molecular weight is 264 g/mol. The first kappa shape index (κ1) is 16.7. The van der Waals surface area contributed by atoms with Crippen LogP contribution in [0.3, 0.4) is 0 Å². The molecular formula is C12H25O4P. The molecule has 2 atom stereocenters. The van der Waals surface area contributed by atoms with Gasteiger partial charge in [0.2, 0.25) is 7.37 Å². The molecule has 0 saturated carbocycles. The lowest BCUT2D eigenvalue weighted by Gasteiger charge is -2.22. The minimum absolute atomic E-state index is 0.169. The molecule has 2 unspecified atom stereocenters. The maximum Gasteiger partial charge on any atom is 0.307 e. The Morgan fingerprint density at radius 2 is 1.94 bits per heavy atom. The van der Waals surface area contributed by atoms with Crippen molar-refractivity contribution < 1.29 is 19.0 Å². The summed E-state index contributed by atoms with van der Waals surface area (Å²) < 4.78 is 17.7. The number of rotatable bonds is 9. The van der Waals surface area contributed by atoms with Crippen LogP contribution in [-0.4, -0.2) is 30.0 Å². The van der Waals surface area contributed by atoms with Crippen molar-refractivity contribution in [1.82, 2.24) is 0 Å². The Labute approximate surface area is 104 Å². The van der Waals surface area contributed by atoms with Crippen molar-refractivity contribution in [2.45, 2.75) is 40.5 Å². The molecule has 0 aromatic heterocycles. The lowest BCUT2D eigenvalue weighted by atomic mass is 9.99. The fourth-order valence-electron chi connectivity index (χ4n) is 1.94. The zero-order valence-corrected chi connectivity index (χ0v) is 12.2. The van der Waals surface area contributed by atoms with Gasteiger partial charge in [-0.3, -0.25) is 9.36 Å². The third kappa shape index (κ3) is 6.85. The van der Waals surface area contributed by atoms with Crippen LogP contribution in [0.25, 0.3) is 0 Å². The Morgan fingerprint density at radius 1 is 1.35 bits per heavy atom. The Hall–Kier alpha value is -0.340. The molecule has 0 rings (SSSR count). The second-order valence-corrected chi connectivity index (χ2v) is 7.50. The minimum Gasteiger partial charge on any atom is -0.481 e. The van der Waals surface area contributed by atoms with E-state index in [0.717, 1.165) is 6.42 Å². The largest absolute Gasteiger partial charge is 0.481 e. The second kappa shape index (κ2) is 7.88. The molecule has 0 aliphatic heterocycles. The fraction of sp³-hybridized carbons (Fsp3) is 0.917. The number of carboxylic acid groups (broad SMARTS) is 1. The summed E-state index contributed by atoms with van der Waals surface area (Å²) in [6, 6.07) is 0. The lowest BCUT2D eigenvalue weighted by Crippen LogP contribution is -2.21. The summed E-state index contributed by atoms with van der Waals surface area (Å²) in [6.07, 6.45) is 1.95. The van der Waals surface area contributed by atoms with E-state index in [1.165, 1.54) is 0 Å². The summed E-state index contributed by atoms with van der Waals surface area (Å²) in [7, 11) is -2.77. The van der Waals surface area contributed by atoms with Gasteiger partial charge in [0.1, 0.15) is 0 Å². The van der Waals surface area contributed by atoms with E-state index in [0.29, 0.717) is 19.2 Å². The summed E-state index contributed by atoms with van der Waals surface area (Å²) in [4.78, 5) is 11.1. The van der Waals surface area contributed by atoms with Crippen LogP contribution in [0.1, 0.15) is 40.5 Å². The minimum atomic E-state index is -2.77. The van der Waals surface area contributed by atoms with E-state index >= 15 is 0 Å². The van der Waals surface area contributed by atoms with Gasteiger partial charge in [0.15, 0.2) is 0 Å². The molecule has 102 valence electrons. The van der Waals surface area contributed by atoms with Crippen molar-refractivity contribution in [1.29, 1.82) is 0 Å². The van der Waals surface area contributed by atoms with Crippen LogP contribution >= 0.6 is 7.37 Å². The van der Waals surface area contributed by atoms with Gasteiger partial charge in [-0.2, -0.15) is 0 Å². The first-order valence-corrected chi connectivity index (χ1v) is 8.29. The van der Waals surface area contributed by atoms with E-state index in [1.54, 1.807) is 6.92 Å². The van der Waals surface area contributed by atoms with Gasteiger partial charge in [0.25, 0.3) is 0 Å². The Morgan fingerprint density at radius 3 is 2.29 bits per heavy atom. The molecule has 0 aromatic rings. The van der Waals surface area contributed by atoms with Gasteiger partial charge in [-0.1, -0.05) is 20.8 Å². The van der Waals surface area contributed by atoms with E-state index in [1.807, 2.05) is 20.8 Å². The SMILES string of the molecule is CCCP(=O)(CC(CC(C)C)C(=O)O)OCC. The topological polar surface area (TPSA) is 63.6 Å². The van der Waals surface area contributed by atoms with Crippen LogP contribution in [0.15, 0.2) is 0 Å². The monoisotopic (exact) mass is 264 g/mol. The molecule has 0 aliphatic rings. The van der Waals surface area contributed by atoms with Gasteiger partial charge >= 0.3 is 5.97 Å².